The van der Waals surface area contributed by atoms with E-state index in [2.05, 4.69) is 15.0 Å². The zero-order chi connectivity index (χ0) is 15.3. The Morgan fingerprint density at radius 2 is 2.32 bits per heavy atom. The Hall–Kier alpha value is -2.70. The summed E-state index contributed by atoms with van der Waals surface area (Å²) in [5.41, 5.74) is 1.47. The molecule has 2 aromatic heterocycles. The van der Waals surface area contributed by atoms with Crippen molar-refractivity contribution >= 4 is 11.2 Å². The van der Waals surface area contributed by atoms with Gasteiger partial charge in [-0.2, -0.15) is 0 Å². The molecule has 112 valence electrons. The van der Waals surface area contributed by atoms with E-state index in [1.807, 2.05) is 0 Å². The molecule has 1 atom stereocenters. The van der Waals surface area contributed by atoms with E-state index in [1.165, 1.54) is 6.07 Å². The van der Waals surface area contributed by atoms with Crippen molar-refractivity contribution in [3.05, 3.63) is 52.1 Å². The van der Waals surface area contributed by atoms with Crippen LogP contribution in [0, 0.1) is 12.7 Å². The van der Waals surface area contributed by atoms with Crippen LogP contribution < -0.4 is 10.4 Å². The highest BCUT2D eigenvalue weighted by molar-refractivity contribution is 5.69. The number of nitrogens with zero attached hydrogens (tertiary/aromatic N) is 3. The van der Waals surface area contributed by atoms with Crippen molar-refractivity contribution in [2.24, 2.45) is 0 Å². The minimum atomic E-state index is -0.416. The van der Waals surface area contributed by atoms with Crippen LogP contribution in [-0.4, -0.2) is 26.1 Å². The van der Waals surface area contributed by atoms with Crippen LogP contribution in [-0.2, 0) is 0 Å². The fourth-order valence-corrected chi connectivity index (χ4v) is 2.93. The van der Waals surface area contributed by atoms with Crippen molar-refractivity contribution < 1.29 is 9.13 Å². The molecule has 1 aliphatic heterocycles. The Kier molecular flexibility index (Phi) is 2.75. The molecule has 0 saturated carbocycles. The molecule has 0 radical (unpaired) electrons. The number of halogens is 1. The molecule has 0 saturated heterocycles. The summed E-state index contributed by atoms with van der Waals surface area (Å²) in [7, 11) is 0. The predicted octanol–water partition coefficient (Wildman–Crippen LogP) is 1.94. The number of nitrogens with one attached hydrogen (secondary N) is 1. The molecular formula is C15H13FN4O2. The Labute approximate surface area is 124 Å². The summed E-state index contributed by atoms with van der Waals surface area (Å²) in [6.45, 7) is 2.11. The van der Waals surface area contributed by atoms with Gasteiger partial charge in [-0.25, -0.2) is 19.2 Å². The zero-order valence-electron chi connectivity index (χ0n) is 11.8. The minimum absolute atomic E-state index is 0.214. The summed E-state index contributed by atoms with van der Waals surface area (Å²) in [6.07, 6.45) is 2.16. The molecule has 1 aromatic carbocycles. The fourth-order valence-electron chi connectivity index (χ4n) is 2.93. The smallest absolute Gasteiger partial charge is 0.328 e. The normalized spacial score (nSPS) is 17.3. The van der Waals surface area contributed by atoms with E-state index in [9.17, 15) is 9.18 Å². The highest BCUT2D eigenvalue weighted by Crippen LogP contribution is 2.36. The molecule has 7 heteroatoms. The Morgan fingerprint density at radius 3 is 3.18 bits per heavy atom. The molecule has 6 nitrogen and oxygen atoms in total. The number of fused-ring (bicyclic) bond motifs is 2. The molecule has 0 spiro atoms. The number of rotatable bonds is 1. The van der Waals surface area contributed by atoms with E-state index in [0.717, 1.165) is 0 Å². The lowest BCUT2D eigenvalue weighted by molar-refractivity contribution is 0.244. The van der Waals surface area contributed by atoms with Crippen molar-refractivity contribution in [3.63, 3.8) is 0 Å². The molecule has 0 bridgehead atoms. The molecule has 0 amide bonds. The van der Waals surface area contributed by atoms with E-state index in [-0.39, 0.29) is 17.5 Å². The predicted molar refractivity (Wildman–Crippen MR) is 77.5 cm³/mol. The molecule has 22 heavy (non-hydrogen) atoms. The van der Waals surface area contributed by atoms with Crippen LogP contribution in [0.15, 0.2) is 29.2 Å². The summed E-state index contributed by atoms with van der Waals surface area (Å²) in [6, 6.07) is 4.44. The van der Waals surface area contributed by atoms with Gasteiger partial charge in [0.05, 0.1) is 18.8 Å². The van der Waals surface area contributed by atoms with Gasteiger partial charge in [-0.15, -0.1) is 0 Å². The van der Waals surface area contributed by atoms with Crippen LogP contribution in [0.1, 0.15) is 23.9 Å². The van der Waals surface area contributed by atoms with Gasteiger partial charge in [0.1, 0.15) is 11.3 Å². The average Bonchev–Trinajstić information content (AvgIpc) is 2.82. The van der Waals surface area contributed by atoms with E-state index in [4.69, 9.17) is 4.74 Å². The van der Waals surface area contributed by atoms with E-state index >= 15 is 0 Å². The summed E-state index contributed by atoms with van der Waals surface area (Å²) in [5, 5.41) is 0. The second kappa shape index (κ2) is 4.66. The van der Waals surface area contributed by atoms with Crippen LogP contribution in [0.2, 0.25) is 0 Å². The quantitative estimate of drug-likeness (QED) is 0.745. The number of aromatic amines is 1. The van der Waals surface area contributed by atoms with Crippen LogP contribution in [0.25, 0.3) is 11.2 Å². The van der Waals surface area contributed by atoms with Gasteiger partial charge in [-0.05, 0) is 13.0 Å². The lowest BCUT2D eigenvalue weighted by atomic mass is 10.00. The first-order chi connectivity index (χ1) is 10.6. The lowest BCUT2D eigenvalue weighted by Crippen LogP contribution is -2.28. The van der Waals surface area contributed by atoms with Gasteiger partial charge >= 0.3 is 5.69 Å². The molecule has 3 aromatic rings. The standard InChI is InChI=1S/C15H13FN4O2/c1-8-17-7-11-14(18-8)20(15(21)19-11)12-5-6-22-13-9(12)3-2-4-10(13)16/h2-4,7,12H,5-6H2,1H3,(H,19,21). The number of ether oxygens (including phenoxy) is 1. The summed E-state index contributed by atoms with van der Waals surface area (Å²) in [5.74, 6) is 0.374. The maximum Gasteiger partial charge on any atom is 0.328 e. The maximum atomic E-state index is 13.9. The van der Waals surface area contributed by atoms with Crippen LogP contribution in [0.5, 0.6) is 5.75 Å². The highest BCUT2D eigenvalue weighted by Gasteiger charge is 2.28. The number of hydrogen-bond acceptors (Lipinski definition) is 4. The SMILES string of the molecule is Cc1ncc2[nH]c(=O)n(C3CCOc4c(F)cccc43)c2n1. The van der Waals surface area contributed by atoms with E-state index < -0.39 is 5.82 Å². The van der Waals surface area contributed by atoms with Gasteiger partial charge in [-0.3, -0.25) is 4.57 Å². The molecule has 1 unspecified atom stereocenters. The third-order valence-corrected chi connectivity index (χ3v) is 3.88. The van der Waals surface area contributed by atoms with Gasteiger partial charge in [0.25, 0.3) is 0 Å². The van der Waals surface area contributed by atoms with Crippen molar-refractivity contribution in [3.8, 4) is 5.75 Å². The summed E-state index contributed by atoms with van der Waals surface area (Å²) >= 11 is 0. The van der Waals surface area contributed by atoms with Crippen molar-refractivity contribution in [1.29, 1.82) is 0 Å². The number of H-pyrrole nitrogens is 1. The fraction of sp³-hybridized carbons (Fsp3) is 0.267. The Bertz CT molecular complexity index is 931. The van der Waals surface area contributed by atoms with Gasteiger partial charge in [-0.1, -0.05) is 12.1 Å². The lowest BCUT2D eigenvalue weighted by Gasteiger charge is -2.26. The van der Waals surface area contributed by atoms with Gasteiger partial charge < -0.3 is 9.72 Å². The zero-order valence-corrected chi connectivity index (χ0v) is 11.8. The number of aryl methyl sites for hydroxylation is 1. The third-order valence-electron chi connectivity index (χ3n) is 3.88. The number of benzene rings is 1. The van der Waals surface area contributed by atoms with E-state index in [0.29, 0.717) is 35.6 Å². The molecular weight excluding hydrogens is 287 g/mol. The third kappa shape index (κ3) is 1.82. The van der Waals surface area contributed by atoms with Crippen molar-refractivity contribution in [1.82, 2.24) is 19.5 Å². The number of para-hydroxylation sites is 1. The second-order valence-corrected chi connectivity index (χ2v) is 5.27. The number of hydrogen-bond donors (Lipinski definition) is 1. The summed E-state index contributed by atoms with van der Waals surface area (Å²) in [4.78, 5) is 23.5. The van der Waals surface area contributed by atoms with Gasteiger partial charge in [0.15, 0.2) is 17.2 Å². The van der Waals surface area contributed by atoms with Crippen LogP contribution >= 0.6 is 0 Å². The topological polar surface area (TPSA) is 72.8 Å². The first kappa shape index (κ1) is 13.0. The molecule has 4 rings (SSSR count). The van der Waals surface area contributed by atoms with Crippen molar-refractivity contribution in [2.45, 2.75) is 19.4 Å². The van der Waals surface area contributed by atoms with Crippen LogP contribution in [0.3, 0.4) is 0 Å². The first-order valence-corrected chi connectivity index (χ1v) is 7.00. The number of imidazole rings is 1. The first-order valence-electron chi connectivity index (χ1n) is 7.00. The number of aromatic nitrogens is 4. The molecule has 3 heterocycles. The van der Waals surface area contributed by atoms with Gasteiger partial charge in [0, 0.05) is 12.0 Å². The minimum Gasteiger partial charge on any atom is -0.490 e. The summed E-state index contributed by atoms with van der Waals surface area (Å²) < 4.78 is 20.9. The molecule has 0 fully saturated rings. The largest absolute Gasteiger partial charge is 0.490 e. The second-order valence-electron chi connectivity index (χ2n) is 5.27. The molecule has 0 aliphatic carbocycles. The van der Waals surface area contributed by atoms with Crippen LogP contribution in [0.4, 0.5) is 4.39 Å². The average molecular weight is 300 g/mol. The Morgan fingerprint density at radius 1 is 1.45 bits per heavy atom. The Balaban J connectivity index is 1.98. The maximum absolute atomic E-state index is 13.9. The van der Waals surface area contributed by atoms with Gasteiger partial charge in [0.2, 0.25) is 0 Å². The molecule has 1 aliphatic rings. The molecule has 1 N–H and O–H groups in total. The highest BCUT2D eigenvalue weighted by atomic mass is 19.1. The monoisotopic (exact) mass is 300 g/mol. The van der Waals surface area contributed by atoms with E-state index in [1.54, 1.807) is 29.8 Å². The van der Waals surface area contributed by atoms with Crippen molar-refractivity contribution in [2.75, 3.05) is 6.61 Å².